The lowest BCUT2D eigenvalue weighted by molar-refractivity contribution is -0.141. The first-order valence-corrected chi connectivity index (χ1v) is 10.7. The van der Waals surface area contributed by atoms with Gasteiger partial charge in [-0.2, -0.15) is 0 Å². The van der Waals surface area contributed by atoms with Crippen LogP contribution in [-0.4, -0.2) is 30.5 Å². The maximum absolute atomic E-state index is 11.7. The summed E-state index contributed by atoms with van der Waals surface area (Å²) in [6, 6.07) is 0. The van der Waals surface area contributed by atoms with Crippen LogP contribution in [0.3, 0.4) is 0 Å². The summed E-state index contributed by atoms with van der Waals surface area (Å²) < 4.78 is 10.3. The highest BCUT2D eigenvalue weighted by Crippen LogP contribution is 2.28. The van der Waals surface area contributed by atoms with E-state index in [-0.39, 0.29) is 11.3 Å². The molecular formula is C21H35ClO4. The molecule has 1 saturated carbocycles. The van der Waals surface area contributed by atoms with Gasteiger partial charge in [-0.15, -0.1) is 11.6 Å². The summed E-state index contributed by atoms with van der Waals surface area (Å²) in [4.78, 5) is 23.2. The average molecular weight is 387 g/mol. The van der Waals surface area contributed by atoms with Gasteiger partial charge in [0.25, 0.3) is 0 Å². The molecule has 26 heavy (non-hydrogen) atoms. The predicted octanol–water partition coefficient (Wildman–Crippen LogP) is 5.57. The maximum atomic E-state index is 11.7. The van der Waals surface area contributed by atoms with E-state index in [9.17, 15) is 9.59 Å². The number of unbranched alkanes of at least 4 members (excludes halogenated alkanes) is 7. The zero-order valence-electron chi connectivity index (χ0n) is 16.2. The van der Waals surface area contributed by atoms with Crippen molar-refractivity contribution in [3.8, 4) is 0 Å². The van der Waals surface area contributed by atoms with Gasteiger partial charge in [0.15, 0.2) is 0 Å². The van der Waals surface area contributed by atoms with Crippen molar-refractivity contribution in [3.63, 3.8) is 0 Å². The van der Waals surface area contributed by atoms with Gasteiger partial charge in [-0.3, -0.25) is 0 Å². The van der Waals surface area contributed by atoms with Crippen molar-refractivity contribution in [2.24, 2.45) is 5.92 Å². The van der Waals surface area contributed by atoms with E-state index < -0.39 is 11.9 Å². The molecule has 0 saturated heterocycles. The number of hydrogen-bond donors (Lipinski definition) is 0. The van der Waals surface area contributed by atoms with Crippen LogP contribution in [0.4, 0.5) is 0 Å². The molecule has 0 aromatic heterocycles. The molecule has 0 heterocycles. The van der Waals surface area contributed by atoms with Gasteiger partial charge in [0.1, 0.15) is 0 Å². The second-order valence-corrected chi connectivity index (χ2v) is 7.73. The van der Waals surface area contributed by atoms with Gasteiger partial charge < -0.3 is 9.47 Å². The Balaban J connectivity index is 2.00. The van der Waals surface area contributed by atoms with Crippen LogP contribution in [0.2, 0.25) is 0 Å². The minimum absolute atomic E-state index is 0.0807. The van der Waals surface area contributed by atoms with Gasteiger partial charge in [-0.25, -0.2) is 9.59 Å². The third-order valence-electron chi connectivity index (χ3n) is 4.85. The van der Waals surface area contributed by atoms with Crippen molar-refractivity contribution >= 4 is 23.5 Å². The normalized spacial score (nSPS) is 20.2. The monoisotopic (exact) mass is 386 g/mol. The molecule has 150 valence electrons. The Bertz CT molecular complexity index is 422. The number of ether oxygens (including phenoxy) is 2. The topological polar surface area (TPSA) is 52.6 Å². The van der Waals surface area contributed by atoms with Crippen LogP contribution in [0.5, 0.6) is 0 Å². The molecule has 0 spiro atoms. The number of esters is 2. The van der Waals surface area contributed by atoms with Crippen molar-refractivity contribution in [2.75, 3.05) is 13.2 Å². The Morgan fingerprint density at radius 1 is 0.885 bits per heavy atom. The third-order valence-corrected chi connectivity index (χ3v) is 5.43. The fraction of sp³-hybridized carbons (Fsp3) is 0.810. The molecule has 2 atom stereocenters. The van der Waals surface area contributed by atoms with Gasteiger partial charge in [0.2, 0.25) is 0 Å². The molecule has 0 aromatic carbocycles. The zero-order valence-corrected chi connectivity index (χ0v) is 17.0. The van der Waals surface area contributed by atoms with Gasteiger partial charge in [0, 0.05) is 23.4 Å². The van der Waals surface area contributed by atoms with E-state index in [1.54, 1.807) is 0 Å². The molecule has 0 aromatic rings. The standard InChI is InChI=1S/C21H35ClO4/c1-2-3-4-5-6-7-8-11-16-25-20(23)14-15-21(24)26-17-18-12-9-10-13-19(18)22/h14-15,18-19H,2-13,16-17H2,1H3/b15-14+. The number of rotatable bonds is 13. The molecule has 1 rings (SSSR count). The summed E-state index contributed by atoms with van der Waals surface area (Å²) in [5.74, 6) is -0.780. The van der Waals surface area contributed by atoms with E-state index >= 15 is 0 Å². The summed E-state index contributed by atoms with van der Waals surface area (Å²) in [5, 5.41) is 0.0807. The van der Waals surface area contributed by atoms with E-state index in [0.29, 0.717) is 13.2 Å². The molecule has 0 bridgehead atoms. The highest BCUT2D eigenvalue weighted by molar-refractivity contribution is 6.20. The van der Waals surface area contributed by atoms with Gasteiger partial charge >= 0.3 is 11.9 Å². The molecule has 1 aliphatic carbocycles. The van der Waals surface area contributed by atoms with Gasteiger partial charge in [0.05, 0.1) is 13.2 Å². The molecule has 4 nitrogen and oxygen atoms in total. The largest absolute Gasteiger partial charge is 0.463 e. The second-order valence-electron chi connectivity index (χ2n) is 7.17. The van der Waals surface area contributed by atoms with E-state index in [4.69, 9.17) is 21.1 Å². The zero-order chi connectivity index (χ0) is 19.0. The third kappa shape index (κ3) is 11.6. The number of alkyl halides is 1. The Labute approximate surface area is 163 Å². The fourth-order valence-corrected chi connectivity index (χ4v) is 3.53. The highest BCUT2D eigenvalue weighted by Gasteiger charge is 2.24. The molecular weight excluding hydrogens is 352 g/mol. The van der Waals surface area contributed by atoms with Crippen LogP contribution >= 0.6 is 11.6 Å². The Morgan fingerprint density at radius 3 is 2.12 bits per heavy atom. The second kappa shape index (κ2) is 15.1. The minimum atomic E-state index is -0.511. The molecule has 5 heteroatoms. The summed E-state index contributed by atoms with van der Waals surface area (Å²) in [6.07, 6.45) is 16.1. The number of hydrogen-bond acceptors (Lipinski definition) is 4. The first-order valence-electron chi connectivity index (χ1n) is 10.3. The van der Waals surface area contributed by atoms with E-state index in [1.807, 2.05) is 0 Å². The van der Waals surface area contributed by atoms with Gasteiger partial charge in [-0.1, -0.05) is 64.7 Å². The first kappa shape index (κ1) is 23.0. The van der Waals surface area contributed by atoms with E-state index in [2.05, 4.69) is 6.92 Å². The van der Waals surface area contributed by atoms with Gasteiger partial charge in [-0.05, 0) is 19.3 Å². The lowest BCUT2D eigenvalue weighted by atomic mass is 9.89. The number of halogens is 1. The Kier molecular flexibility index (Phi) is 13.3. The summed E-state index contributed by atoms with van der Waals surface area (Å²) in [6.45, 7) is 2.95. The average Bonchev–Trinajstić information content (AvgIpc) is 2.64. The fourth-order valence-electron chi connectivity index (χ4n) is 3.18. The van der Waals surface area contributed by atoms with Crippen molar-refractivity contribution in [1.82, 2.24) is 0 Å². The van der Waals surface area contributed by atoms with Crippen LogP contribution in [0, 0.1) is 5.92 Å². The summed E-state index contributed by atoms with van der Waals surface area (Å²) in [5.41, 5.74) is 0. The van der Waals surface area contributed by atoms with E-state index in [1.165, 1.54) is 38.5 Å². The molecule has 1 aliphatic rings. The molecule has 1 fully saturated rings. The maximum Gasteiger partial charge on any atom is 0.331 e. The molecule has 0 N–H and O–H groups in total. The van der Waals surface area contributed by atoms with Crippen molar-refractivity contribution < 1.29 is 19.1 Å². The quantitative estimate of drug-likeness (QED) is 0.180. The van der Waals surface area contributed by atoms with Crippen LogP contribution in [-0.2, 0) is 19.1 Å². The number of carbonyl (C=O) groups is 2. The molecule has 0 amide bonds. The Morgan fingerprint density at radius 2 is 1.46 bits per heavy atom. The SMILES string of the molecule is CCCCCCCCCCOC(=O)/C=C/C(=O)OCC1CCCCC1Cl. The molecule has 0 aliphatic heterocycles. The van der Waals surface area contributed by atoms with E-state index in [0.717, 1.165) is 50.7 Å². The Hall–Kier alpha value is -1.03. The predicted molar refractivity (Wildman–Crippen MR) is 105 cm³/mol. The van der Waals surface area contributed by atoms with Crippen LogP contribution in [0.25, 0.3) is 0 Å². The summed E-state index contributed by atoms with van der Waals surface area (Å²) >= 11 is 6.24. The van der Waals surface area contributed by atoms with Crippen LogP contribution in [0.1, 0.15) is 84.0 Å². The van der Waals surface area contributed by atoms with Crippen LogP contribution in [0.15, 0.2) is 12.2 Å². The number of carbonyl (C=O) groups excluding carboxylic acids is 2. The smallest absolute Gasteiger partial charge is 0.331 e. The molecule has 0 radical (unpaired) electrons. The molecule has 2 unspecified atom stereocenters. The summed E-state index contributed by atoms with van der Waals surface area (Å²) in [7, 11) is 0. The lowest BCUT2D eigenvalue weighted by Gasteiger charge is -2.26. The highest BCUT2D eigenvalue weighted by atomic mass is 35.5. The van der Waals surface area contributed by atoms with Crippen LogP contribution < -0.4 is 0 Å². The van der Waals surface area contributed by atoms with Crippen molar-refractivity contribution in [3.05, 3.63) is 12.2 Å². The lowest BCUT2D eigenvalue weighted by Crippen LogP contribution is -2.25. The minimum Gasteiger partial charge on any atom is -0.463 e. The van der Waals surface area contributed by atoms with Crippen molar-refractivity contribution in [2.45, 2.75) is 89.4 Å². The first-order chi connectivity index (χ1) is 12.6. The van der Waals surface area contributed by atoms with Crippen molar-refractivity contribution in [1.29, 1.82) is 0 Å².